The van der Waals surface area contributed by atoms with Gasteiger partial charge in [0.1, 0.15) is 24.2 Å². The van der Waals surface area contributed by atoms with Gasteiger partial charge in [-0.25, -0.2) is 0 Å². The maximum absolute atomic E-state index is 12.6. The predicted octanol–water partition coefficient (Wildman–Crippen LogP) is 5.78. The van der Waals surface area contributed by atoms with Gasteiger partial charge in [-0.2, -0.15) is 10.4 Å². The molecule has 1 saturated heterocycles. The third-order valence-electron chi connectivity index (χ3n) is 7.32. The van der Waals surface area contributed by atoms with E-state index in [1.165, 1.54) is 0 Å². The number of hydrogen-bond acceptors (Lipinski definition) is 5. The Morgan fingerprint density at radius 1 is 1.11 bits per heavy atom. The zero-order chi connectivity index (χ0) is 25.4. The van der Waals surface area contributed by atoms with E-state index in [2.05, 4.69) is 34.2 Å². The fourth-order valence-corrected chi connectivity index (χ4v) is 5.25. The molecule has 1 N–H and O–H groups in total. The molecule has 0 aliphatic carbocycles. The Balaban J connectivity index is 1.30. The van der Waals surface area contributed by atoms with E-state index >= 15 is 0 Å². The largest absolute Gasteiger partial charge is 0.492 e. The van der Waals surface area contributed by atoms with Crippen molar-refractivity contribution < 1.29 is 13.9 Å². The van der Waals surface area contributed by atoms with Gasteiger partial charge in [-0.15, -0.1) is 0 Å². The van der Waals surface area contributed by atoms with E-state index in [9.17, 15) is 9.65 Å². The first-order valence-electron chi connectivity index (χ1n) is 12.5. The van der Waals surface area contributed by atoms with Crippen LogP contribution in [0.4, 0.5) is 4.39 Å². The van der Waals surface area contributed by atoms with Crippen molar-refractivity contribution in [3.8, 4) is 17.6 Å². The molecule has 1 unspecified atom stereocenters. The number of aromatic amines is 1. The molecular formula is C30H27FN4O2. The lowest BCUT2D eigenvalue weighted by Gasteiger charge is -2.37. The van der Waals surface area contributed by atoms with Crippen LogP contribution in [-0.2, 0) is 0 Å². The number of H-pyrrole nitrogens is 1. The zero-order valence-electron chi connectivity index (χ0n) is 20.6. The van der Waals surface area contributed by atoms with Gasteiger partial charge in [-0.1, -0.05) is 24.3 Å². The highest BCUT2D eigenvalue weighted by molar-refractivity contribution is 6.00. The highest BCUT2D eigenvalue weighted by Gasteiger charge is 2.31. The quantitative estimate of drug-likeness (QED) is 0.353. The number of halogens is 1. The molecule has 186 valence electrons. The van der Waals surface area contributed by atoms with Crippen molar-refractivity contribution in [3.63, 3.8) is 0 Å². The van der Waals surface area contributed by atoms with Crippen LogP contribution in [0.1, 0.15) is 35.3 Å². The number of fused-ring (bicyclic) bond motifs is 3. The molecule has 1 atom stereocenters. The molecule has 2 aliphatic heterocycles. The third kappa shape index (κ3) is 4.34. The van der Waals surface area contributed by atoms with Crippen LogP contribution in [-0.4, -0.2) is 48.0 Å². The summed E-state index contributed by atoms with van der Waals surface area (Å²) >= 11 is 0. The Morgan fingerprint density at radius 2 is 1.89 bits per heavy atom. The number of ether oxygens (including phenoxy) is 2. The number of nitriles is 1. The molecule has 37 heavy (non-hydrogen) atoms. The maximum Gasteiger partial charge on any atom is 0.150 e. The zero-order valence-corrected chi connectivity index (χ0v) is 20.6. The van der Waals surface area contributed by atoms with Gasteiger partial charge in [0.05, 0.1) is 35.4 Å². The molecule has 0 radical (unpaired) electrons. The summed E-state index contributed by atoms with van der Waals surface area (Å²) in [4.78, 5) is 2.21. The Morgan fingerprint density at radius 3 is 2.62 bits per heavy atom. The average Bonchev–Trinajstić information content (AvgIpc) is 3.40. The van der Waals surface area contributed by atoms with E-state index in [0.717, 1.165) is 69.9 Å². The van der Waals surface area contributed by atoms with Crippen LogP contribution in [0.2, 0.25) is 0 Å². The minimum atomic E-state index is -0.339. The molecule has 7 heteroatoms. The minimum Gasteiger partial charge on any atom is -0.492 e. The van der Waals surface area contributed by atoms with Gasteiger partial charge in [-0.05, 0) is 60.0 Å². The van der Waals surface area contributed by atoms with Crippen LogP contribution in [0.3, 0.4) is 0 Å². The van der Waals surface area contributed by atoms with Crippen molar-refractivity contribution >= 4 is 22.0 Å². The van der Waals surface area contributed by atoms with Gasteiger partial charge in [0.2, 0.25) is 0 Å². The summed E-state index contributed by atoms with van der Waals surface area (Å²) in [6.45, 7) is 4.87. The Kier molecular flexibility index (Phi) is 6.11. The number of rotatable bonds is 7. The second-order valence-electron chi connectivity index (χ2n) is 9.70. The lowest BCUT2D eigenvalue weighted by Crippen LogP contribution is -2.49. The SMILES string of the molecule is CC1=C(c2ccc(C#N)cc2)C(c2ccc(OCCN3CC(CF)C3)cc2)Oc2c1ccc1[nH]ncc21. The first kappa shape index (κ1) is 23.3. The fraction of sp³-hybridized carbons (Fsp3) is 0.267. The molecule has 0 bridgehead atoms. The number of benzene rings is 3. The monoisotopic (exact) mass is 494 g/mol. The van der Waals surface area contributed by atoms with Gasteiger partial charge in [0.15, 0.2) is 0 Å². The maximum atomic E-state index is 12.6. The second-order valence-corrected chi connectivity index (χ2v) is 9.70. The first-order chi connectivity index (χ1) is 18.1. The lowest BCUT2D eigenvalue weighted by atomic mass is 9.85. The van der Waals surface area contributed by atoms with Gasteiger partial charge in [0, 0.05) is 36.7 Å². The number of allylic oxidation sites excluding steroid dienone is 1. The van der Waals surface area contributed by atoms with E-state index < -0.39 is 0 Å². The van der Waals surface area contributed by atoms with Crippen molar-refractivity contribution in [3.05, 3.63) is 89.1 Å². The molecule has 3 heterocycles. The molecule has 6 rings (SSSR count). The van der Waals surface area contributed by atoms with Crippen LogP contribution in [0.25, 0.3) is 22.0 Å². The molecule has 6 nitrogen and oxygen atoms in total. The number of nitrogens with one attached hydrogen (secondary N) is 1. The van der Waals surface area contributed by atoms with Gasteiger partial charge in [-0.3, -0.25) is 14.4 Å². The molecular weight excluding hydrogens is 467 g/mol. The normalized spacial score (nSPS) is 17.7. The summed E-state index contributed by atoms with van der Waals surface area (Å²) in [5.41, 5.74) is 6.79. The molecule has 1 fully saturated rings. The minimum absolute atomic E-state index is 0.185. The number of hydrogen-bond donors (Lipinski definition) is 1. The van der Waals surface area contributed by atoms with Crippen LogP contribution in [0, 0.1) is 17.2 Å². The molecule has 1 aromatic heterocycles. The molecule has 3 aromatic carbocycles. The first-order valence-corrected chi connectivity index (χ1v) is 12.5. The number of aromatic nitrogens is 2. The van der Waals surface area contributed by atoms with Crippen molar-refractivity contribution in [2.45, 2.75) is 13.0 Å². The van der Waals surface area contributed by atoms with Gasteiger partial charge < -0.3 is 9.47 Å². The van der Waals surface area contributed by atoms with Crippen LogP contribution < -0.4 is 9.47 Å². The standard InChI is InChI=1S/C30H27FN4O2/c1-19-25-10-11-27-26(16-33-34-27)30(25)37-29(28(19)22-4-2-20(15-32)3-5-22)23-6-8-24(9-7-23)36-13-12-35-17-21(14-31)18-35/h2-11,16,21,29H,12-14,17-18H2,1H3,(H,33,34). The molecule has 0 saturated carbocycles. The Bertz CT molecular complexity index is 1500. The molecule has 4 aromatic rings. The van der Waals surface area contributed by atoms with E-state index in [1.54, 1.807) is 6.20 Å². The highest BCUT2D eigenvalue weighted by atomic mass is 19.1. The predicted molar refractivity (Wildman–Crippen MR) is 141 cm³/mol. The van der Waals surface area contributed by atoms with Crippen LogP contribution in [0.5, 0.6) is 11.5 Å². The third-order valence-corrected chi connectivity index (χ3v) is 7.32. The molecule has 2 aliphatic rings. The van der Waals surface area contributed by atoms with Gasteiger partial charge in [0.25, 0.3) is 0 Å². The van der Waals surface area contributed by atoms with Crippen molar-refractivity contribution in [2.24, 2.45) is 5.92 Å². The summed E-state index contributed by atoms with van der Waals surface area (Å²) in [5, 5.41) is 17.4. The smallest absolute Gasteiger partial charge is 0.150 e. The van der Waals surface area contributed by atoms with Crippen LogP contribution in [0.15, 0.2) is 66.9 Å². The van der Waals surface area contributed by atoms with E-state index in [0.29, 0.717) is 12.2 Å². The number of likely N-dealkylation sites (tertiary alicyclic amines) is 1. The highest BCUT2D eigenvalue weighted by Crippen LogP contribution is 2.48. The van der Waals surface area contributed by atoms with Crippen molar-refractivity contribution in [2.75, 3.05) is 32.9 Å². The van der Waals surface area contributed by atoms with E-state index in [4.69, 9.17) is 9.47 Å². The van der Waals surface area contributed by atoms with E-state index in [-0.39, 0.29) is 18.7 Å². The molecule has 0 amide bonds. The summed E-state index contributed by atoms with van der Waals surface area (Å²) in [5.74, 6) is 1.79. The van der Waals surface area contributed by atoms with Crippen molar-refractivity contribution in [1.82, 2.24) is 15.1 Å². The summed E-state index contributed by atoms with van der Waals surface area (Å²) in [6, 6.07) is 22.0. The van der Waals surface area contributed by atoms with Gasteiger partial charge >= 0.3 is 0 Å². The average molecular weight is 495 g/mol. The summed E-state index contributed by atoms with van der Waals surface area (Å²) in [6.07, 6.45) is 1.46. The number of nitrogens with zero attached hydrogens (tertiary/aromatic N) is 3. The fourth-order valence-electron chi connectivity index (χ4n) is 5.25. The van der Waals surface area contributed by atoms with Crippen molar-refractivity contribution in [1.29, 1.82) is 5.26 Å². The van der Waals surface area contributed by atoms with Crippen LogP contribution >= 0.6 is 0 Å². The lowest BCUT2D eigenvalue weighted by molar-refractivity contribution is 0.0668. The Hall–Kier alpha value is -4.15. The number of alkyl halides is 1. The van der Waals surface area contributed by atoms with E-state index in [1.807, 2.05) is 54.6 Å². The summed E-state index contributed by atoms with van der Waals surface area (Å²) in [7, 11) is 0. The summed E-state index contributed by atoms with van der Waals surface area (Å²) < 4.78 is 25.3. The Labute approximate surface area is 214 Å². The second kappa shape index (κ2) is 9.72. The molecule has 0 spiro atoms. The topological polar surface area (TPSA) is 74.2 Å².